The molecule has 2 aromatic rings. The molecular weight excluding hydrogens is 428 g/mol. The van der Waals surface area contributed by atoms with Crippen LogP contribution in [0.1, 0.15) is 38.1 Å². The summed E-state index contributed by atoms with van der Waals surface area (Å²) in [6.07, 6.45) is 0.128. The minimum absolute atomic E-state index is 0.0974. The summed E-state index contributed by atoms with van der Waals surface area (Å²) in [5.74, 6) is -2.12. The van der Waals surface area contributed by atoms with Crippen molar-refractivity contribution in [1.29, 1.82) is 0 Å². The maximum Gasteiger partial charge on any atom is 0.387 e. The van der Waals surface area contributed by atoms with E-state index < -0.39 is 28.3 Å². The highest BCUT2D eigenvalue weighted by molar-refractivity contribution is 7.90. The van der Waals surface area contributed by atoms with Gasteiger partial charge in [0.25, 0.3) is 5.91 Å². The van der Waals surface area contributed by atoms with Crippen LogP contribution in [0, 0.1) is 0 Å². The zero-order valence-corrected chi connectivity index (χ0v) is 16.9. The van der Waals surface area contributed by atoms with Gasteiger partial charge in [-0.15, -0.1) is 11.3 Å². The number of rotatable bonds is 6. The van der Waals surface area contributed by atoms with Gasteiger partial charge in [-0.2, -0.15) is 8.78 Å². The highest BCUT2D eigenvalue weighted by Gasteiger charge is 2.32. The van der Waals surface area contributed by atoms with Gasteiger partial charge in [0.2, 0.25) is 0 Å². The Hall–Kier alpha value is -2.53. The van der Waals surface area contributed by atoms with Gasteiger partial charge in [0, 0.05) is 4.88 Å². The van der Waals surface area contributed by atoms with Gasteiger partial charge in [-0.25, -0.2) is 13.2 Å². The largest absolute Gasteiger partial charge is 0.462 e. The average Bonchev–Trinajstić information content (AvgIpc) is 2.97. The third-order valence-corrected chi connectivity index (χ3v) is 7.04. The van der Waals surface area contributed by atoms with Crippen molar-refractivity contribution in [1.82, 2.24) is 0 Å². The molecule has 1 N–H and O–H groups in total. The molecular formula is C18H17F2NO6S2. The first-order valence-electron chi connectivity index (χ1n) is 8.59. The topological polar surface area (TPSA) is 98.8 Å². The van der Waals surface area contributed by atoms with E-state index in [0.717, 1.165) is 11.3 Å². The van der Waals surface area contributed by atoms with Crippen molar-refractivity contribution < 1.29 is 36.3 Å². The number of sulfone groups is 1. The Kier molecular flexibility index (Phi) is 6.18. The van der Waals surface area contributed by atoms with Crippen molar-refractivity contribution in [2.24, 2.45) is 0 Å². The van der Waals surface area contributed by atoms with Crippen LogP contribution in [-0.4, -0.2) is 39.3 Å². The molecule has 7 nitrogen and oxygen atoms in total. The number of hydrogen-bond acceptors (Lipinski definition) is 7. The number of halogens is 2. The lowest BCUT2D eigenvalue weighted by Gasteiger charge is -2.13. The lowest BCUT2D eigenvalue weighted by molar-refractivity contribution is -0.0501. The second-order valence-electron chi connectivity index (χ2n) is 6.10. The van der Waals surface area contributed by atoms with Crippen molar-refractivity contribution in [2.75, 3.05) is 17.7 Å². The molecule has 156 valence electrons. The molecule has 0 unspecified atom stereocenters. The number of fused-ring (bicyclic) bond motifs is 1. The maximum absolute atomic E-state index is 12.7. The first-order valence-corrected chi connectivity index (χ1v) is 11.2. The van der Waals surface area contributed by atoms with Crippen LogP contribution in [0.25, 0.3) is 0 Å². The molecule has 3 rings (SSSR count). The molecule has 0 radical (unpaired) electrons. The number of anilines is 1. The molecule has 0 fully saturated rings. The summed E-state index contributed by atoms with van der Waals surface area (Å²) in [4.78, 5) is 25.6. The predicted molar refractivity (Wildman–Crippen MR) is 102 cm³/mol. The molecule has 0 spiro atoms. The lowest BCUT2D eigenvalue weighted by atomic mass is 10.1. The summed E-state index contributed by atoms with van der Waals surface area (Å²) < 4.78 is 58.5. The Morgan fingerprint density at radius 3 is 2.69 bits per heavy atom. The van der Waals surface area contributed by atoms with Gasteiger partial charge >= 0.3 is 12.6 Å². The monoisotopic (exact) mass is 445 g/mol. The molecule has 0 atom stereocenters. The van der Waals surface area contributed by atoms with E-state index in [4.69, 9.17) is 4.74 Å². The van der Waals surface area contributed by atoms with E-state index in [0.29, 0.717) is 10.4 Å². The van der Waals surface area contributed by atoms with Crippen molar-refractivity contribution in [3.05, 3.63) is 45.8 Å². The first kappa shape index (κ1) is 21.2. The van der Waals surface area contributed by atoms with E-state index in [1.807, 2.05) is 0 Å². The normalized spacial score (nSPS) is 14.9. The number of ether oxygens (including phenoxy) is 2. The number of hydrogen-bond donors (Lipinski definition) is 1. The molecule has 1 amide bonds. The van der Waals surface area contributed by atoms with Crippen LogP contribution in [0.2, 0.25) is 0 Å². The van der Waals surface area contributed by atoms with Crippen LogP contribution in [0.4, 0.5) is 13.8 Å². The minimum Gasteiger partial charge on any atom is -0.462 e. The van der Waals surface area contributed by atoms with Gasteiger partial charge in [-0.3, -0.25) is 4.79 Å². The maximum atomic E-state index is 12.7. The Balaban J connectivity index is 1.98. The predicted octanol–water partition coefficient (Wildman–Crippen LogP) is 3.25. The number of esters is 1. The van der Waals surface area contributed by atoms with E-state index in [-0.39, 0.29) is 46.4 Å². The molecule has 2 heterocycles. The summed E-state index contributed by atoms with van der Waals surface area (Å²) in [6.45, 7) is -1.39. The van der Waals surface area contributed by atoms with Gasteiger partial charge < -0.3 is 14.8 Å². The molecule has 1 aromatic carbocycles. The van der Waals surface area contributed by atoms with Gasteiger partial charge in [-0.05, 0) is 31.0 Å². The molecule has 1 aromatic heterocycles. The molecule has 11 heteroatoms. The number of carbonyl (C=O) groups excluding carboxylic acids is 2. The van der Waals surface area contributed by atoms with E-state index in [1.54, 1.807) is 6.92 Å². The SMILES string of the molecule is CCOC(=O)c1c(NC(=O)c2ccccc2OC(F)F)sc2c1CCS(=O)(=O)C2. The molecule has 1 aliphatic rings. The second-order valence-corrected chi connectivity index (χ2v) is 9.39. The first-order chi connectivity index (χ1) is 13.7. The Bertz CT molecular complexity index is 1050. The van der Waals surface area contributed by atoms with Gasteiger partial charge in [0.05, 0.1) is 29.2 Å². The van der Waals surface area contributed by atoms with Crippen LogP contribution in [0.15, 0.2) is 24.3 Å². The van der Waals surface area contributed by atoms with Crippen LogP contribution >= 0.6 is 11.3 Å². The van der Waals surface area contributed by atoms with Crippen LogP contribution < -0.4 is 10.1 Å². The summed E-state index contributed by atoms with van der Waals surface area (Å²) in [6, 6.07) is 5.44. The standard InChI is InChI=1S/C18H17F2NO6S2/c1-2-26-17(23)14-11-7-8-29(24,25)9-13(11)28-16(14)21-15(22)10-5-3-4-6-12(10)27-18(19)20/h3-6,18H,2,7-9H2,1H3,(H,21,22). The number of amides is 1. The van der Waals surface area contributed by atoms with Gasteiger partial charge in [0.15, 0.2) is 9.84 Å². The zero-order valence-electron chi connectivity index (χ0n) is 15.2. The Morgan fingerprint density at radius 1 is 1.28 bits per heavy atom. The van der Waals surface area contributed by atoms with E-state index in [1.165, 1.54) is 24.3 Å². The van der Waals surface area contributed by atoms with E-state index in [9.17, 15) is 26.8 Å². The summed E-state index contributed by atoms with van der Waals surface area (Å²) in [5.41, 5.74) is 0.472. The molecule has 0 saturated heterocycles. The summed E-state index contributed by atoms with van der Waals surface area (Å²) in [5, 5.41) is 2.64. The Morgan fingerprint density at radius 2 is 2.00 bits per heavy atom. The fourth-order valence-corrected chi connectivity index (χ4v) is 5.99. The fraction of sp³-hybridized carbons (Fsp3) is 0.333. The summed E-state index contributed by atoms with van der Waals surface area (Å²) >= 11 is 0.960. The molecule has 0 bridgehead atoms. The number of para-hydroxylation sites is 1. The average molecular weight is 445 g/mol. The van der Waals surface area contributed by atoms with Crippen LogP contribution in [0.3, 0.4) is 0 Å². The molecule has 29 heavy (non-hydrogen) atoms. The smallest absolute Gasteiger partial charge is 0.387 e. The number of alkyl halides is 2. The highest BCUT2D eigenvalue weighted by atomic mass is 32.2. The van der Waals surface area contributed by atoms with Crippen molar-refractivity contribution >= 4 is 38.1 Å². The van der Waals surface area contributed by atoms with Gasteiger partial charge in [-0.1, -0.05) is 12.1 Å². The molecule has 1 aliphatic heterocycles. The van der Waals surface area contributed by atoms with E-state index in [2.05, 4.69) is 10.1 Å². The second kappa shape index (κ2) is 8.46. The quantitative estimate of drug-likeness (QED) is 0.686. The van der Waals surface area contributed by atoms with Crippen molar-refractivity contribution in [3.63, 3.8) is 0 Å². The van der Waals surface area contributed by atoms with Crippen LogP contribution in [0.5, 0.6) is 5.75 Å². The molecule has 0 aliphatic carbocycles. The van der Waals surface area contributed by atoms with E-state index >= 15 is 0 Å². The van der Waals surface area contributed by atoms with Crippen molar-refractivity contribution in [2.45, 2.75) is 25.7 Å². The number of benzene rings is 1. The third-order valence-electron chi connectivity index (χ3n) is 4.16. The number of carbonyl (C=O) groups is 2. The fourth-order valence-electron chi connectivity index (χ4n) is 2.95. The van der Waals surface area contributed by atoms with Crippen LogP contribution in [-0.2, 0) is 26.7 Å². The molecule has 0 saturated carbocycles. The minimum atomic E-state index is -3.30. The van der Waals surface area contributed by atoms with Crippen molar-refractivity contribution in [3.8, 4) is 5.75 Å². The highest BCUT2D eigenvalue weighted by Crippen LogP contribution is 2.39. The Labute approximate surface area is 169 Å². The van der Waals surface area contributed by atoms with Gasteiger partial charge in [0.1, 0.15) is 10.8 Å². The number of nitrogens with one attached hydrogen (secondary N) is 1. The zero-order chi connectivity index (χ0) is 21.2. The number of thiophene rings is 1. The third kappa shape index (κ3) is 4.73. The summed E-state index contributed by atoms with van der Waals surface area (Å²) in [7, 11) is -3.30. The lowest BCUT2D eigenvalue weighted by Crippen LogP contribution is -2.20.